The van der Waals surface area contributed by atoms with Crippen LogP contribution in [0.5, 0.6) is 0 Å². The first-order valence-electron chi connectivity index (χ1n) is 5.96. The van der Waals surface area contributed by atoms with E-state index in [0.29, 0.717) is 11.4 Å². The van der Waals surface area contributed by atoms with Gasteiger partial charge < -0.3 is 9.84 Å². The molecule has 1 aromatic rings. The summed E-state index contributed by atoms with van der Waals surface area (Å²) in [5.74, 6) is 0.362. The largest absolute Gasteiger partial charge is 0.444 e. The van der Waals surface area contributed by atoms with Crippen LogP contribution >= 0.6 is 0 Å². The second-order valence-corrected chi connectivity index (χ2v) is 4.33. The fourth-order valence-electron chi connectivity index (χ4n) is 1.05. The highest BCUT2D eigenvalue weighted by atomic mass is 16.6. The summed E-state index contributed by atoms with van der Waals surface area (Å²) in [4.78, 5) is 15.3. The topological polar surface area (TPSA) is 71.5 Å². The van der Waals surface area contributed by atoms with Crippen LogP contribution in [-0.2, 0) is 11.3 Å². The van der Waals surface area contributed by atoms with Gasteiger partial charge in [-0.25, -0.2) is 9.78 Å². The maximum absolute atomic E-state index is 11.4. The highest BCUT2D eigenvalue weighted by Crippen LogP contribution is 2.11. The number of aromatic nitrogens is 1. The molecular weight excluding hydrogens is 232 g/mol. The van der Waals surface area contributed by atoms with Crippen LogP contribution in [0.4, 0.5) is 10.6 Å². The Bertz CT molecular complexity index is 373. The summed E-state index contributed by atoms with van der Waals surface area (Å²) in [6.45, 7) is 9.25. The zero-order chi connectivity index (χ0) is 14.2. The number of rotatable bonds is 2. The highest BCUT2D eigenvalue weighted by molar-refractivity contribution is 5.83. The van der Waals surface area contributed by atoms with Crippen molar-refractivity contribution in [3.63, 3.8) is 0 Å². The fraction of sp³-hybridized carbons (Fsp3) is 0.538. The number of aliphatic hydroxyl groups is 1. The monoisotopic (exact) mass is 254 g/mol. The summed E-state index contributed by atoms with van der Waals surface area (Å²) >= 11 is 0. The molecule has 0 aliphatic rings. The Morgan fingerprint density at radius 2 is 2.06 bits per heavy atom. The Morgan fingerprint density at radius 1 is 1.44 bits per heavy atom. The molecule has 0 saturated carbocycles. The molecule has 18 heavy (non-hydrogen) atoms. The SMILES string of the molecule is CC.CC(C)(C)OC(=O)Nc1cc(CO)ccn1. The molecule has 1 rings (SSSR count). The molecule has 0 aliphatic carbocycles. The lowest BCUT2D eigenvalue weighted by Gasteiger charge is -2.19. The molecule has 5 nitrogen and oxygen atoms in total. The van der Waals surface area contributed by atoms with Crippen LogP contribution in [0.15, 0.2) is 18.3 Å². The molecule has 0 radical (unpaired) electrons. The van der Waals surface area contributed by atoms with Crippen LogP contribution in [0.2, 0.25) is 0 Å². The third kappa shape index (κ3) is 6.85. The number of aliphatic hydroxyl groups excluding tert-OH is 1. The van der Waals surface area contributed by atoms with Crippen LogP contribution in [0.25, 0.3) is 0 Å². The lowest BCUT2D eigenvalue weighted by molar-refractivity contribution is 0.0635. The molecule has 0 aliphatic heterocycles. The van der Waals surface area contributed by atoms with Crippen molar-refractivity contribution in [2.24, 2.45) is 0 Å². The van der Waals surface area contributed by atoms with Crippen molar-refractivity contribution in [1.82, 2.24) is 4.98 Å². The highest BCUT2D eigenvalue weighted by Gasteiger charge is 2.16. The summed E-state index contributed by atoms with van der Waals surface area (Å²) in [7, 11) is 0. The van der Waals surface area contributed by atoms with Crippen LogP contribution in [-0.4, -0.2) is 21.8 Å². The van der Waals surface area contributed by atoms with E-state index in [1.54, 1.807) is 32.9 Å². The van der Waals surface area contributed by atoms with E-state index < -0.39 is 11.7 Å². The van der Waals surface area contributed by atoms with Crippen LogP contribution in [0.1, 0.15) is 40.2 Å². The van der Waals surface area contributed by atoms with Crippen molar-refractivity contribution in [2.45, 2.75) is 46.8 Å². The zero-order valence-electron chi connectivity index (χ0n) is 11.7. The first-order valence-corrected chi connectivity index (χ1v) is 5.96. The normalized spacial score (nSPS) is 10.1. The Kier molecular flexibility index (Phi) is 6.97. The molecule has 0 fully saturated rings. The number of hydrogen-bond acceptors (Lipinski definition) is 4. The number of nitrogens with zero attached hydrogens (tertiary/aromatic N) is 1. The van der Waals surface area contributed by atoms with E-state index in [-0.39, 0.29) is 6.61 Å². The predicted octanol–water partition coefficient (Wildman–Crippen LogP) is 2.95. The summed E-state index contributed by atoms with van der Waals surface area (Å²) < 4.78 is 5.06. The van der Waals surface area contributed by atoms with Gasteiger partial charge >= 0.3 is 6.09 Å². The number of pyridine rings is 1. The maximum Gasteiger partial charge on any atom is 0.413 e. The van der Waals surface area contributed by atoms with Crippen molar-refractivity contribution in [1.29, 1.82) is 0 Å². The number of carbonyl (C=O) groups is 1. The molecule has 2 N–H and O–H groups in total. The Labute approximate surface area is 108 Å². The van der Waals surface area contributed by atoms with E-state index >= 15 is 0 Å². The van der Waals surface area contributed by atoms with Gasteiger partial charge in [-0.15, -0.1) is 0 Å². The maximum atomic E-state index is 11.4. The van der Waals surface area contributed by atoms with E-state index in [1.807, 2.05) is 13.8 Å². The zero-order valence-corrected chi connectivity index (χ0v) is 11.7. The van der Waals surface area contributed by atoms with Gasteiger partial charge in [0.15, 0.2) is 0 Å². The Morgan fingerprint density at radius 3 is 2.56 bits per heavy atom. The molecular formula is C13H22N2O3. The number of amides is 1. The molecule has 102 valence electrons. The van der Waals surface area contributed by atoms with Gasteiger partial charge in [0.25, 0.3) is 0 Å². The molecule has 0 unspecified atom stereocenters. The number of nitrogens with one attached hydrogen (secondary N) is 1. The van der Waals surface area contributed by atoms with Crippen molar-refractivity contribution in [2.75, 3.05) is 5.32 Å². The Hall–Kier alpha value is -1.62. The standard InChI is InChI=1S/C11H16N2O3.C2H6/c1-11(2,3)16-10(15)13-9-6-8(7-14)4-5-12-9;1-2/h4-6,14H,7H2,1-3H3,(H,12,13,15);1-2H3. The molecule has 0 atom stereocenters. The van der Waals surface area contributed by atoms with E-state index in [1.165, 1.54) is 6.20 Å². The molecule has 1 amide bonds. The average molecular weight is 254 g/mol. The minimum atomic E-state index is -0.560. The number of ether oxygens (including phenoxy) is 1. The molecule has 0 spiro atoms. The Balaban J connectivity index is 0.00000137. The molecule has 5 heteroatoms. The molecule has 0 aromatic carbocycles. The van der Waals surface area contributed by atoms with Gasteiger partial charge in [-0.3, -0.25) is 5.32 Å². The molecule has 1 aromatic heterocycles. The summed E-state index contributed by atoms with van der Waals surface area (Å²) in [5, 5.41) is 11.4. The first-order chi connectivity index (χ1) is 8.40. The molecule has 0 bridgehead atoms. The van der Waals surface area contributed by atoms with E-state index in [4.69, 9.17) is 9.84 Å². The third-order valence-corrected chi connectivity index (χ3v) is 1.64. The van der Waals surface area contributed by atoms with Gasteiger partial charge in [-0.05, 0) is 38.5 Å². The second kappa shape index (κ2) is 7.66. The second-order valence-electron chi connectivity index (χ2n) is 4.33. The van der Waals surface area contributed by atoms with Gasteiger partial charge in [0.1, 0.15) is 11.4 Å². The van der Waals surface area contributed by atoms with Gasteiger partial charge in [0.05, 0.1) is 6.61 Å². The van der Waals surface area contributed by atoms with E-state index in [9.17, 15) is 4.79 Å². The lowest BCUT2D eigenvalue weighted by atomic mass is 10.2. The van der Waals surface area contributed by atoms with Gasteiger partial charge in [0, 0.05) is 6.20 Å². The lowest BCUT2D eigenvalue weighted by Crippen LogP contribution is -2.27. The van der Waals surface area contributed by atoms with E-state index in [0.717, 1.165) is 0 Å². The van der Waals surface area contributed by atoms with Crippen molar-refractivity contribution >= 4 is 11.9 Å². The minimum Gasteiger partial charge on any atom is -0.444 e. The molecule has 1 heterocycles. The van der Waals surface area contributed by atoms with Crippen LogP contribution in [0.3, 0.4) is 0 Å². The summed E-state index contributed by atoms with van der Waals surface area (Å²) in [6, 6.07) is 3.25. The molecule has 0 saturated heterocycles. The van der Waals surface area contributed by atoms with Gasteiger partial charge in [0.2, 0.25) is 0 Å². The van der Waals surface area contributed by atoms with E-state index in [2.05, 4.69) is 10.3 Å². The average Bonchev–Trinajstić information content (AvgIpc) is 2.29. The van der Waals surface area contributed by atoms with Crippen molar-refractivity contribution < 1.29 is 14.6 Å². The number of carbonyl (C=O) groups excluding carboxylic acids is 1. The van der Waals surface area contributed by atoms with Crippen LogP contribution in [0, 0.1) is 0 Å². The number of anilines is 1. The first kappa shape index (κ1) is 16.4. The number of hydrogen-bond donors (Lipinski definition) is 2. The summed E-state index contributed by atoms with van der Waals surface area (Å²) in [6.07, 6.45) is 0.952. The quantitative estimate of drug-likeness (QED) is 0.851. The van der Waals surface area contributed by atoms with Gasteiger partial charge in [-0.2, -0.15) is 0 Å². The van der Waals surface area contributed by atoms with Crippen molar-refractivity contribution in [3.8, 4) is 0 Å². The smallest absolute Gasteiger partial charge is 0.413 e. The van der Waals surface area contributed by atoms with Crippen molar-refractivity contribution in [3.05, 3.63) is 23.9 Å². The third-order valence-electron chi connectivity index (χ3n) is 1.64. The summed E-state index contributed by atoms with van der Waals surface area (Å²) in [5.41, 5.74) is 0.139. The predicted molar refractivity (Wildman–Crippen MR) is 71.4 cm³/mol. The fourth-order valence-corrected chi connectivity index (χ4v) is 1.05. The van der Waals surface area contributed by atoms with Crippen LogP contribution < -0.4 is 5.32 Å². The minimum absolute atomic E-state index is 0.0917. The van der Waals surface area contributed by atoms with Gasteiger partial charge in [-0.1, -0.05) is 13.8 Å².